The van der Waals surface area contributed by atoms with E-state index >= 15 is 0 Å². The van der Waals surface area contributed by atoms with Gasteiger partial charge >= 0.3 is 65.2 Å². The number of hydrogen-bond acceptors (Lipinski definition) is 8. The zero-order valence-corrected chi connectivity index (χ0v) is 21.7. The van der Waals surface area contributed by atoms with Crippen LogP contribution in [0, 0.1) is 5.82 Å². The molecule has 0 radical (unpaired) electrons. The van der Waals surface area contributed by atoms with Crippen molar-refractivity contribution in [2.45, 2.75) is 6.73 Å². The van der Waals surface area contributed by atoms with Gasteiger partial charge in [0.05, 0.1) is 26.0 Å². The van der Waals surface area contributed by atoms with Crippen molar-refractivity contribution in [3.05, 3.63) is 59.4 Å². The number of imidazole rings is 1. The summed E-state index contributed by atoms with van der Waals surface area (Å²) in [6, 6.07) is 9.21. The minimum absolute atomic E-state index is 0. The average molecular weight is 467 g/mol. The van der Waals surface area contributed by atoms with E-state index in [1.807, 2.05) is 0 Å². The number of nitrogens with one attached hydrogen (secondary N) is 1. The van der Waals surface area contributed by atoms with Crippen molar-refractivity contribution in [1.82, 2.24) is 9.55 Å². The van der Waals surface area contributed by atoms with Crippen LogP contribution in [0.4, 0.5) is 15.1 Å². The molecule has 10 nitrogen and oxygen atoms in total. The van der Waals surface area contributed by atoms with Crippen molar-refractivity contribution < 1.29 is 96.7 Å². The van der Waals surface area contributed by atoms with E-state index in [1.54, 1.807) is 0 Å². The molecule has 0 spiro atoms. The van der Waals surface area contributed by atoms with Gasteiger partial charge in [-0.3, -0.25) is 14.7 Å². The fourth-order valence-corrected chi connectivity index (χ4v) is 2.79. The van der Waals surface area contributed by atoms with Gasteiger partial charge < -0.3 is 23.6 Å². The molecule has 0 bridgehead atoms. The fourth-order valence-electron chi connectivity index (χ4n) is 2.53. The summed E-state index contributed by atoms with van der Waals surface area (Å²) in [7, 11) is -4.21. The quantitative estimate of drug-likeness (QED) is 0.217. The first-order valence-electron chi connectivity index (χ1n) is 8.00. The molecule has 0 aliphatic rings. The number of nitrogens with zero attached hydrogens (tertiary/aromatic N) is 2. The van der Waals surface area contributed by atoms with Gasteiger partial charge in [-0.15, -0.1) is 0 Å². The maximum absolute atomic E-state index is 13.1. The molecule has 0 saturated carbocycles. The van der Waals surface area contributed by atoms with E-state index in [2.05, 4.69) is 19.6 Å². The molecule has 14 heteroatoms. The number of hydrogen-bond donors (Lipinski definition) is 1. The summed E-state index contributed by atoms with van der Waals surface area (Å²) in [4.78, 5) is 50.0. The van der Waals surface area contributed by atoms with Gasteiger partial charge in [0.15, 0.2) is 5.78 Å². The molecule has 0 unspecified atom stereocenters. The summed E-state index contributed by atoms with van der Waals surface area (Å²) >= 11 is 0. The third-order valence-electron chi connectivity index (χ3n) is 3.86. The first kappa shape index (κ1) is 27.9. The Labute approximate surface area is 219 Å². The van der Waals surface area contributed by atoms with Crippen LogP contribution in [-0.4, -0.2) is 28.5 Å². The second kappa shape index (κ2) is 11.7. The Morgan fingerprint density at radius 2 is 1.74 bits per heavy atom. The van der Waals surface area contributed by atoms with Crippen LogP contribution in [0.25, 0.3) is 11.0 Å². The van der Waals surface area contributed by atoms with E-state index in [0.29, 0.717) is 0 Å². The molecule has 0 atom stereocenters. The molecule has 1 N–H and O–H groups in total. The summed E-state index contributed by atoms with van der Waals surface area (Å²) in [6.07, 6.45) is -0.892. The summed E-state index contributed by atoms with van der Waals surface area (Å²) in [6.45, 7) is -0.783. The Balaban J connectivity index is 0.00000240. The maximum Gasteiger partial charge on any atom is 1.00 e. The van der Waals surface area contributed by atoms with Crippen molar-refractivity contribution in [1.29, 1.82) is 0 Å². The fraction of sp³-hybridized carbons (Fsp3) is 0.118. The van der Waals surface area contributed by atoms with Gasteiger partial charge in [-0.25, -0.2) is 14.2 Å². The third kappa shape index (κ3) is 7.19. The molecular formula is C17H13FN3Na2O7P. The number of aromatic nitrogens is 2. The van der Waals surface area contributed by atoms with Gasteiger partial charge in [-0.2, -0.15) is 0 Å². The van der Waals surface area contributed by atoms with Gasteiger partial charge in [-0.1, -0.05) is 0 Å². The molecule has 0 aliphatic carbocycles. The van der Waals surface area contributed by atoms with E-state index in [4.69, 9.17) is 0 Å². The number of carbonyl (C=O) groups excluding carboxylic acids is 2. The number of ether oxygens (including phenoxy) is 1. The minimum Gasteiger partial charge on any atom is -0.790 e. The predicted octanol–water partition coefficient (Wildman–Crippen LogP) is -4.60. The second-order valence-electron chi connectivity index (χ2n) is 5.72. The molecule has 3 aromatic rings. The standard InChI is InChI=1S/C17H15FN3O7P.2Na/c1-27-17(23)20-16-19-13-7-4-11(15(22)10-2-5-12(18)6-3-10)8-14(13)21(16)9-28-29(24,25)26;;/h2-8H,9H2,1H3,(H,19,20,23)(H2,24,25,26);;/q;2*+1/p-2. The number of anilines is 1. The Morgan fingerprint density at radius 3 is 2.32 bits per heavy atom. The van der Waals surface area contributed by atoms with Crippen LogP contribution in [0.5, 0.6) is 0 Å². The van der Waals surface area contributed by atoms with Crippen LogP contribution in [0.15, 0.2) is 42.5 Å². The van der Waals surface area contributed by atoms with Gasteiger partial charge in [0.2, 0.25) is 5.95 Å². The summed E-state index contributed by atoms with van der Waals surface area (Å²) < 4.78 is 33.8. The Bertz CT molecular complexity index is 1130. The van der Waals surface area contributed by atoms with Crippen molar-refractivity contribution >= 4 is 36.7 Å². The predicted molar refractivity (Wildman–Crippen MR) is 94.3 cm³/mol. The van der Waals surface area contributed by atoms with Crippen LogP contribution in [0.1, 0.15) is 15.9 Å². The summed E-state index contributed by atoms with van der Waals surface area (Å²) in [5.74, 6) is -1.08. The molecule has 1 heterocycles. The Morgan fingerprint density at radius 1 is 1.13 bits per heavy atom. The molecule has 152 valence electrons. The zero-order valence-electron chi connectivity index (χ0n) is 16.8. The van der Waals surface area contributed by atoms with Crippen LogP contribution in [0.2, 0.25) is 0 Å². The van der Waals surface area contributed by atoms with Crippen LogP contribution >= 0.6 is 7.82 Å². The Kier molecular flexibility index (Phi) is 10.5. The molecule has 0 aliphatic heterocycles. The van der Waals surface area contributed by atoms with Crippen molar-refractivity contribution in [2.75, 3.05) is 12.4 Å². The first-order chi connectivity index (χ1) is 13.7. The van der Waals surface area contributed by atoms with E-state index in [1.165, 1.54) is 30.3 Å². The van der Waals surface area contributed by atoms with E-state index < -0.39 is 32.2 Å². The first-order valence-corrected chi connectivity index (χ1v) is 9.46. The molecule has 1 aromatic heterocycles. The SMILES string of the molecule is COC(=O)Nc1nc2ccc(C(=O)c3ccc(F)cc3)cc2n1COP(=O)([O-])[O-].[Na+].[Na+]. The molecule has 31 heavy (non-hydrogen) atoms. The molecule has 0 saturated heterocycles. The maximum atomic E-state index is 13.1. The number of phosphoric ester groups is 1. The zero-order chi connectivity index (χ0) is 21.2. The van der Waals surface area contributed by atoms with E-state index in [9.17, 15) is 28.3 Å². The number of benzene rings is 2. The number of carbonyl (C=O) groups is 2. The van der Waals surface area contributed by atoms with E-state index in [-0.39, 0.29) is 87.2 Å². The van der Waals surface area contributed by atoms with Crippen LogP contribution < -0.4 is 74.2 Å². The van der Waals surface area contributed by atoms with Crippen LogP contribution in [-0.2, 0) is 20.6 Å². The molecule has 3 rings (SSSR count). The average Bonchev–Trinajstić information content (AvgIpc) is 3.01. The largest absolute Gasteiger partial charge is 1.00 e. The molecule has 2 aromatic carbocycles. The molecule has 1 amide bonds. The minimum atomic E-state index is -5.32. The third-order valence-corrected chi connectivity index (χ3v) is 4.29. The second-order valence-corrected chi connectivity index (χ2v) is 6.88. The number of methoxy groups -OCH3 is 1. The number of phosphoric acid groups is 1. The number of amides is 1. The normalized spacial score (nSPS) is 10.7. The summed E-state index contributed by atoms with van der Waals surface area (Å²) in [5, 5.41) is 2.26. The topological polar surface area (TPSA) is 146 Å². The summed E-state index contributed by atoms with van der Waals surface area (Å²) in [5.41, 5.74) is 0.895. The van der Waals surface area contributed by atoms with Gasteiger partial charge in [-0.05, 0) is 42.5 Å². The van der Waals surface area contributed by atoms with Gasteiger partial charge in [0, 0.05) is 11.1 Å². The Hall–Kier alpha value is -1.11. The number of ketones is 1. The van der Waals surface area contributed by atoms with Crippen molar-refractivity contribution in [3.63, 3.8) is 0 Å². The van der Waals surface area contributed by atoms with Gasteiger partial charge in [0.1, 0.15) is 12.5 Å². The molecule has 0 fully saturated rings. The number of rotatable bonds is 6. The number of halogens is 1. The number of fused-ring (bicyclic) bond motifs is 1. The van der Waals surface area contributed by atoms with Crippen LogP contribution in [0.3, 0.4) is 0 Å². The smallest absolute Gasteiger partial charge is 0.790 e. The molecular weight excluding hydrogens is 454 g/mol. The van der Waals surface area contributed by atoms with Gasteiger partial charge in [0.25, 0.3) is 0 Å². The monoisotopic (exact) mass is 467 g/mol. The van der Waals surface area contributed by atoms with Crippen molar-refractivity contribution in [3.8, 4) is 0 Å². The van der Waals surface area contributed by atoms with Crippen molar-refractivity contribution in [2.24, 2.45) is 0 Å². The van der Waals surface area contributed by atoms with E-state index in [0.717, 1.165) is 23.8 Å².